The van der Waals surface area contributed by atoms with Crippen molar-refractivity contribution in [1.82, 2.24) is 19.1 Å². The maximum Gasteiger partial charge on any atom is 0.270 e. The molecule has 0 bridgehead atoms. The summed E-state index contributed by atoms with van der Waals surface area (Å²) in [6.45, 7) is 4.87. The molecule has 2 unspecified atom stereocenters. The summed E-state index contributed by atoms with van der Waals surface area (Å²) in [7, 11) is -0.0322. The highest BCUT2D eigenvalue weighted by molar-refractivity contribution is 7.89. The van der Waals surface area contributed by atoms with Gasteiger partial charge in [-0.15, -0.1) is 12.4 Å². The van der Waals surface area contributed by atoms with E-state index >= 15 is 0 Å². The Bertz CT molecular complexity index is 743. The summed E-state index contributed by atoms with van der Waals surface area (Å²) < 4.78 is 29.0. The first-order valence-electron chi connectivity index (χ1n) is 8.95. The van der Waals surface area contributed by atoms with Gasteiger partial charge in [0.05, 0.1) is 0 Å². The number of piperidine rings is 1. The quantitative estimate of drug-likeness (QED) is 0.820. The van der Waals surface area contributed by atoms with Crippen LogP contribution in [0.25, 0.3) is 0 Å². The highest BCUT2D eigenvalue weighted by Crippen LogP contribution is 2.25. The zero-order chi connectivity index (χ0) is 18.2. The molecular formula is C17H29ClN4O3S. The van der Waals surface area contributed by atoms with Crippen LogP contribution in [0.3, 0.4) is 0 Å². The standard InChI is InChI=1S/C17H28N4O3S.ClH/c1-13-5-4-8-21(11-13)25(23,24)15-9-16(19(2)12-15)17(22)20(3)14-6-7-18-10-14;/h9,12-14,18H,4-8,10-11H2,1-3H3;1H. The van der Waals surface area contributed by atoms with Gasteiger partial charge in [-0.05, 0) is 37.8 Å². The number of rotatable bonds is 4. The van der Waals surface area contributed by atoms with Crippen LogP contribution in [0.15, 0.2) is 17.2 Å². The van der Waals surface area contributed by atoms with Crippen molar-refractivity contribution < 1.29 is 13.2 Å². The predicted molar refractivity (Wildman–Crippen MR) is 103 cm³/mol. The zero-order valence-electron chi connectivity index (χ0n) is 15.6. The summed E-state index contributed by atoms with van der Waals surface area (Å²) in [6.07, 6.45) is 4.42. The van der Waals surface area contributed by atoms with E-state index in [0.29, 0.717) is 24.7 Å². The fourth-order valence-electron chi connectivity index (χ4n) is 3.72. The van der Waals surface area contributed by atoms with Crippen LogP contribution in [0, 0.1) is 5.92 Å². The topological polar surface area (TPSA) is 74.7 Å². The SMILES string of the molecule is CC1CCCN(S(=O)(=O)c2cc(C(=O)N(C)C3CCNC3)n(C)c2)C1.Cl. The molecule has 0 aliphatic carbocycles. The van der Waals surface area contributed by atoms with Crippen LogP contribution in [0.1, 0.15) is 36.7 Å². The molecule has 0 spiro atoms. The number of hydrogen-bond donors (Lipinski definition) is 1. The van der Waals surface area contributed by atoms with Crippen LogP contribution in [-0.4, -0.2) is 67.4 Å². The first-order valence-corrected chi connectivity index (χ1v) is 10.4. The van der Waals surface area contributed by atoms with Crippen molar-refractivity contribution in [1.29, 1.82) is 0 Å². The second kappa shape index (κ2) is 8.29. The van der Waals surface area contributed by atoms with E-state index in [4.69, 9.17) is 0 Å². The van der Waals surface area contributed by atoms with Gasteiger partial charge in [0.25, 0.3) is 5.91 Å². The molecule has 3 heterocycles. The van der Waals surface area contributed by atoms with E-state index in [2.05, 4.69) is 12.2 Å². The van der Waals surface area contributed by atoms with Gasteiger partial charge in [0.2, 0.25) is 10.0 Å². The lowest BCUT2D eigenvalue weighted by Gasteiger charge is -2.29. The van der Waals surface area contributed by atoms with Gasteiger partial charge in [0.1, 0.15) is 10.6 Å². The number of carbonyl (C=O) groups excluding carboxylic acids is 1. The van der Waals surface area contributed by atoms with Crippen LogP contribution in [0.5, 0.6) is 0 Å². The smallest absolute Gasteiger partial charge is 0.270 e. The lowest BCUT2D eigenvalue weighted by molar-refractivity contribution is 0.0734. The number of halogens is 1. The molecule has 2 aliphatic heterocycles. The van der Waals surface area contributed by atoms with Gasteiger partial charge < -0.3 is 14.8 Å². The van der Waals surface area contributed by atoms with Gasteiger partial charge in [0, 0.05) is 46.0 Å². The Morgan fingerprint density at radius 3 is 2.69 bits per heavy atom. The van der Waals surface area contributed by atoms with Crippen molar-refractivity contribution in [2.45, 2.75) is 37.1 Å². The summed E-state index contributed by atoms with van der Waals surface area (Å²) in [5, 5.41) is 3.25. The lowest BCUT2D eigenvalue weighted by atomic mass is 10.0. The minimum atomic E-state index is -3.55. The van der Waals surface area contributed by atoms with Gasteiger partial charge in [-0.3, -0.25) is 4.79 Å². The number of nitrogens with one attached hydrogen (secondary N) is 1. The molecule has 3 rings (SSSR count). The Morgan fingerprint density at radius 2 is 2.08 bits per heavy atom. The number of aromatic nitrogens is 1. The van der Waals surface area contributed by atoms with Crippen molar-refractivity contribution in [2.24, 2.45) is 13.0 Å². The average Bonchev–Trinajstić information content (AvgIpc) is 3.23. The fourth-order valence-corrected chi connectivity index (χ4v) is 5.39. The summed E-state index contributed by atoms with van der Waals surface area (Å²) >= 11 is 0. The van der Waals surface area contributed by atoms with Gasteiger partial charge >= 0.3 is 0 Å². The summed E-state index contributed by atoms with van der Waals surface area (Å²) in [4.78, 5) is 14.7. The van der Waals surface area contributed by atoms with Gasteiger partial charge in [-0.1, -0.05) is 6.92 Å². The molecule has 26 heavy (non-hydrogen) atoms. The molecule has 0 aromatic carbocycles. The molecule has 1 amide bonds. The van der Waals surface area contributed by atoms with Crippen LogP contribution >= 0.6 is 12.4 Å². The molecule has 1 aromatic heterocycles. The minimum absolute atomic E-state index is 0. The minimum Gasteiger partial charge on any atom is -0.345 e. The monoisotopic (exact) mass is 404 g/mol. The van der Waals surface area contributed by atoms with Crippen molar-refractivity contribution in [3.8, 4) is 0 Å². The third-order valence-corrected chi connectivity index (χ3v) is 7.19. The van der Waals surface area contributed by atoms with E-state index in [1.807, 2.05) is 0 Å². The van der Waals surface area contributed by atoms with E-state index in [1.165, 1.54) is 6.07 Å². The number of carbonyl (C=O) groups is 1. The summed E-state index contributed by atoms with van der Waals surface area (Å²) in [5.74, 6) is 0.235. The van der Waals surface area contributed by atoms with E-state index < -0.39 is 10.0 Å². The maximum atomic E-state index is 12.9. The lowest BCUT2D eigenvalue weighted by Crippen LogP contribution is -2.39. The molecule has 2 aliphatic rings. The normalized spacial score (nSPS) is 24.3. The molecule has 9 heteroatoms. The van der Waals surface area contributed by atoms with Gasteiger partial charge in [0.15, 0.2) is 0 Å². The van der Waals surface area contributed by atoms with Crippen molar-refractivity contribution in [2.75, 3.05) is 33.2 Å². The second-order valence-electron chi connectivity index (χ2n) is 7.35. The van der Waals surface area contributed by atoms with Crippen LogP contribution in [0.2, 0.25) is 0 Å². The first-order chi connectivity index (χ1) is 11.8. The van der Waals surface area contributed by atoms with Crippen molar-refractivity contribution >= 4 is 28.3 Å². The van der Waals surface area contributed by atoms with E-state index in [9.17, 15) is 13.2 Å². The number of aryl methyl sites for hydroxylation is 1. The number of likely N-dealkylation sites (N-methyl/N-ethyl adjacent to an activating group) is 1. The highest BCUT2D eigenvalue weighted by atomic mass is 35.5. The second-order valence-corrected chi connectivity index (χ2v) is 9.28. The number of amides is 1. The molecule has 7 nitrogen and oxygen atoms in total. The van der Waals surface area contributed by atoms with E-state index in [-0.39, 0.29) is 29.3 Å². The van der Waals surface area contributed by atoms with Crippen LogP contribution < -0.4 is 5.32 Å². The van der Waals surface area contributed by atoms with Crippen molar-refractivity contribution in [3.05, 3.63) is 18.0 Å². The zero-order valence-corrected chi connectivity index (χ0v) is 17.3. The number of hydrogen-bond acceptors (Lipinski definition) is 4. The molecule has 148 valence electrons. The van der Waals surface area contributed by atoms with Gasteiger partial charge in [-0.2, -0.15) is 4.31 Å². The summed E-state index contributed by atoms with van der Waals surface area (Å²) in [5.41, 5.74) is 0.415. The van der Waals surface area contributed by atoms with Crippen LogP contribution in [0.4, 0.5) is 0 Å². The Kier molecular flexibility index (Phi) is 6.76. The molecule has 0 radical (unpaired) electrons. The summed E-state index contributed by atoms with van der Waals surface area (Å²) in [6, 6.07) is 1.68. The Labute approximate surface area is 162 Å². The fraction of sp³-hybridized carbons (Fsp3) is 0.706. The molecule has 1 aromatic rings. The molecule has 2 saturated heterocycles. The molecular weight excluding hydrogens is 376 g/mol. The third-order valence-electron chi connectivity index (χ3n) is 5.36. The largest absolute Gasteiger partial charge is 0.345 e. The molecule has 2 atom stereocenters. The molecule has 1 N–H and O–H groups in total. The number of nitrogens with zero attached hydrogens (tertiary/aromatic N) is 3. The van der Waals surface area contributed by atoms with Crippen LogP contribution in [-0.2, 0) is 17.1 Å². The molecule has 2 fully saturated rings. The number of sulfonamides is 1. The third kappa shape index (κ3) is 4.08. The average molecular weight is 405 g/mol. The molecule has 0 saturated carbocycles. The first kappa shape index (κ1) is 21.2. The Morgan fingerprint density at radius 1 is 1.35 bits per heavy atom. The van der Waals surface area contributed by atoms with E-state index in [1.54, 1.807) is 34.1 Å². The predicted octanol–water partition coefficient (Wildman–Crippen LogP) is 1.30. The van der Waals surface area contributed by atoms with Gasteiger partial charge in [-0.25, -0.2) is 8.42 Å². The Balaban J connectivity index is 0.00000243. The van der Waals surface area contributed by atoms with Crippen molar-refractivity contribution in [3.63, 3.8) is 0 Å². The maximum absolute atomic E-state index is 12.9. The highest BCUT2D eigenvalue weighted by Gasteiger charge is 2.32. The van der Waals surface area contributed by atoms with E-state index in [0.717, 1.165) is 32.4 Å². The Hall–Kier alpha value is -1.09.